The summed E-state index contributed by atoms with van der Waals surface area (Å²) in [5, 5.41) is 3.21. The minimum Gasteiger partial charge on any atom is -0.384 e. The lowest BCUT2D eigenvalue weighted by Crippen LogP contribution is -2.36. The third-order valence-corrected chi connectivity index (χ3v) is 3.92. The van der Waals surface area contributed by atoms with Crippen LogP contribution in [0, 0.1) is 0 Å². The summed E-state index contributed by atoms with van der Waals surface area (Å²) in [5.74, 6) is -0.206. The molecular weight excluding hydrogens is 281 g/mol. The first-order valence-corrected chi connectivity index (χ1v) is 6.87. The maximum atomic E-state index is 12.6. The van der Waals surface area contributed by atoms with Gasteiger partial charge in [0.2, 0.25) is 0 Å². The first-order valence-electron chi connectivity index (χ1n) is 6.87. The minimum absolute atomic E-state index is 0.0169. The molecule has 2 heterocycles. The predicted molar refractivity (Wildman–Crippen MR) is 73.3 cm³/mol. The number of amides is 1. The van der Waals surface area contributed by atoms with Gasteiger partial charge in [-0.2, -0.15) is 13.2 Å². The maximum Gasteiger partial charge on any atom is 0.412 e. The molecule has 21 heavy (non-hydrogen) atoms. The normalized spacial score (nSPS) is 18.0. The number of carbonyl (C=O) groups is 1. The molecule has 2 aliphatic heterocycles. The van der Waals surface area contributed by atoms with Crippen molar-refractivity contribution in [2.75, 3.05) is 25.0 Å². The number of halogens is 3. The summed E-state index contributed by atoms with van der Waals surface area (Å²) in [6.45, 7) is 0.983. The van der Waals surface area contributed by atoms with E-state index in [-0.39, 0.29) is 25.4 Å². The zero-order valence-corrected chi connectivity index (χ0v) is 11.3. The second kappa shape index (κ2) is 5.09. The van der Waals surface area contributed by atoms with Crippen LogP contribution >= 0.6 is 0 Å². The van der Waals surface area contributed by atoms with Crippen LogP contribution < -0.4 is 5.32 Å². The molecule has 0 aromatic heterocycles. The van der Waals surface area contributed by atoms with E-state index >= 15 is 0 Å². The fraction of sp³-hybridized carbons (Fsp3) is 0.400. The van der Waals surface area contributed by atoms with Gasteiger partial charge in [0, 0.05) is 36.5 Å². The average Bonchev–Trinajstić information content (AvgIpc) is 2.93. The standard InChI is InChI=1S/C15H15F3N2O/c16-15(17,18)12-4-7-20(8-5-12)14(21)11-1-2-13-10(9-11)3-6-19-13/h1-2,4,9,19H,3,5-8H2. The van der Waals surface area contributed by atoms with Gasteiger partial charge in [0.1, 0.15) is 0 Å². The Morgan fingerprint density at radius 3 is 2.71 bits per heavy atom. The number of fused-ring (bicyclic) bond motifs is 1. The molecule has 1 N–H and O–H groups in total. The van der Waals surface area contributed by atoms with Crippen molar-refractivity contribution in [1.82, 2.24) is 4.90 Å². The highest BCUT2D eigenvalue weighted by Crippen LogP contribution is 2.31. The lowest BCUT2D eigenvalue weighted by atomic mass is 10.0. The Labute approximate surface area is 120 Å². The van der Waals surface area contributed by atoms with Crippen molar-refractivity contribution in [3.8, 4) is 0 Å². The van der Waals surface area contributed by atoms with Crippen LogP contribution in [0.1, 0.15) is 22.3 Å². The Kier molecular flexibility index (Phi) is 3.39. The summed E-state index contributed by atoms with van der Waals surface area (Å²) in [4.78, 5) is 13.8. The van der Waals surface area contributed by atoms with Crippen molar-refractivity contribution >= 4 is 11.6 Å². The number of rotatable bonds is 1. The molecule has 0 saturated heterocycles. The van der Waals surface area contributed by atoms with Gasteiger partial charge in [-0.25, -0.2) is 0 Å². The number of hydrogen-bond donors (Lipinski definition) is 1. The van der Waals surface area contributed by atoms with Gasteiger partial charge in [-0.05, 0) is 36.6 Å². The molecule has 0 unspecified atom stereocenters. The van der Waals surface area contributed by atoms with Crippen LogP contribution in [-0.4, -0.2) is 36.6 Å². The third-order valence-electron chi connectivity index (χ3n) is 3.92. The van der Waals surface area contributed by atoms with Crippen molar-refractivity contribution in [2.45, 2.75) is 19.0 Å². The summed E-state index contributed by atoms with van der Waals surface area (Å²) in [6, 6.07) is 5.42. The number of anilines is 1. The molecule has 0 saturated carbocycles. The molecule has 0 aliphatic carbocycles. The van der Waals surface area contributed by atoms with Crippen molar-refractivity contribution in [2.24, 2.45) is 0 Å². The van der Waals surface area contributed by atoms with Crippen LogP contribution in [0.15, 0.2) is 29.8 Å². The molecule has 0 atom stereocenters. The highest BCUT2D eigenvalue weighted by atomic mass is 19.4. The van der Waals surface area contributed by atoms with Gasteiger partial charge in [-0.1, -0.05) is 6.08 Å². The zero-order valence-electron chi connectivity index (χ0n) is 11.3. The van der Waals surface area contributed by atoms with Crippen LogP contribution in [0.5, 0.6) is 0 Å². The number of benzene rings is 1. The van der Waals surface area contributed by atoms with Gasteiger partial charge in [0.25, 0.3) is 5.91 Å². The van der Waals surface area contributed by atoms with Crippen LogP contribution in [0.3, 0.4) is 0 Å². The van der Waals surface area contributed by atoms with Gasteiger partial charge in [0.05, 0.1) is 0 Å². The smallest absolute Gasteiger partial charge is 0.384 e. The number of nitrogens with zero attached hydrogens (tertiary/aromatic N) is 1. The number of alkyl halides is 3. The Bertz CT molecular complexity index is 607. The highest BCUT2D eigenvalue weighted by Gasteiger charge is 2.35. The second-order valence-electron chi connectivity index (χ2n) is 5.28. The molecule has 1 aromatic carbocycles. The van der Waals surface area contributed by atoms with Crippen LogP contribution in [0.2, 0.25) is 0 Å². The molecule has 0 bridgehead atoms. The lowest BCUT2D eigenvalue weighted by molar-refractivity contribution is -0.0957. The summed E-state index contributed by atoms with van der Waals surface area (Å²) in [5.41, 5.74) is 2.12. The van der Waals surface area contributed by atoms with E-state index in [0.29, 0.717) is 5.56 Å². The van der Waals surface area contributed by atoms with E-state index in [4.69, 9.17) is 0 Å². The molecule has 0 fully saturated rings. The summed E-state index contributed by atoms with van der Waals surface area (Å²) >= 11 is 0. The molecule has 3 rings (SSSR count). The first-order chi connectivity index (χ1) is 9.95. The molecule has 2 aliphatic rings. The average molecular weight is 296 g/mol. The highest BCUT2D eigenvalue weighted by molar-refractivity contribution is 5.95. The monoisotopic (exact) mass is 296 g/mol. The van der Waals surface area contributed by atoms with Gasteiger partial charge in [-0.3, -0.25) is 4.79 Å². The maximum absolute atomic E-state index is 12.6. The fourth-order valence-electron chi connectivity index (χ4n) is 2.73. The van der Waals surface area contributed by atoms with Gasteiger partial charge in [0.15, 0.2) is 0 Å². The van der Waals surface area contributed by atoms with Crippen LogP contribution in [0.4, 0.5) is 18.9 Å². The largest absolute Gasteiger partial charge is 0.412 e. The fourth-order valence-corrected chi connectivity index (χ4v) is 2.73. The van der Waals surface area contributed by atoms with E-state index in [0.717, 1.165) is 30.3 Å². The zero-order chi connectivity index (χ0) is 15.0. The first kappa shape index (κ1) is 14.0. The van der Waals surface area contributed by atoms with E-state index in [1.165, 1.54) is 4.90 Å². The van der Waals surface area contributed by atoms with Crippen molar-refractivity contribution < 1.29 is 18.0 Å². The molecule has 0 radical (unpaired) electrons. The van der Waals surface area contributed by atoms with E-state index in [9.17, 15) is 18.0 Å². The van der Waals surface area contributed by atoms with Crippen LogP contribution in [-0.2, 0) is 6.42 Å². The van der Waals surface area contributed by atoms with Crippen molar-refractivity contribution in [1.29, 1.82) is 0 Å². The molecule has 1 aromatic rings. The molecule has 112 valence electrons. The Balaban J connectivity index is 1.74. The Hall–Kier alpha value is -1.98. The second-order valence-corrected chi connectivity index (χ2v) is 5.28. The Morgan fingerprint density at radius 1 is 1.24 bits per heavy atom. The summed E-state index contributed by atoms with van der Waals surface area (Å²) < 4.78 is 37.7. The van der Waals surface area contributed by atoms with Crippen molar-refractivity contribution in [3.63, 3.8) is 0 Å². The van der Waals surface area contributed by atoms with Gasteiger partial charge < -0.3 is 10.2 Å². The minimum atomic E-state index is -4.28. The molecule has 0 spiro atoms. The summed E-state index contributed by atoms with van der Waals surface area (Å²) in [6.07, 6.45) is -2.44. The van der Waals surface area contributed by atoms with Gasteiger partial charge in [-0.15, -0.1) is 0 Å². The molecular formula is C15H15F3N2O. The predicted octanol–water partition coefficient (Wildman–Crippen LogP) is 2.99. The van der Waals surface area contributed by atoms with Gasteiger partial charge >= 0.3 is 6.18 Å². The number of carbonyl (C=O) groups excluding carboxylic acids is 1. The van der Waals surface area contributed by atoms with E-state index in [1.54, 1.807) is 6.07 Å². The molecule has 3 nitrogen and oxygen atoms in total. The number of hydrogen-bond acceptors (Lipinski definition) is 2. The molecule has 6 heteroatoms. The number of nitrogens with one attached hydrogen (secondary N) is 1. The topological polar surface area (TPSA) is 32.3 Å². The lowest BCUT2D eigenvalue weighted by Gasteiger charge is -2.27. The Morgan fingerprint density at radius 2 is 2.05 bits per heavy atom. The van der Waals surface area contributed by atoms with E-state index in [1.807, 2.05) is 12.1 Å². The SMILES string of the molecule is O=C(c1ccc2c(c1)CCN2)N1CC=C(C(F)(F)F)CC1. The van der Waals surface area contributed by atoms with E-state index < -0.39 is 11.7 Å². The third kappa shape index (κ3) is 2.75. The van der Waals surface area contributed by atoms with Crippen LogP contribution in [0.25, 0.3) is 0 Å². The van der Waals surface area contributed by atoms with Crippen molar-refractivity contribution in [3.05, 3.63) is 41.0 Å². The van der Waals surface area contributed by atoms with E-state index in [2.05, 4.69) is 5.32 Å². The molecule has 1 amide bonds. The quantitative estimate of drug-likeness (QED) is 0.808. The summed E-state index contributed by atoms with van der Waals surface area (Å²) in [7, 11) is 0.